The number of benzene rings is 1. The molecular formula is C13H12F3NO4. The van der Waals surface area contributed by atoms with Crippen LogP contribution in [0.2, 0.25) is 0 Å². The van der Waals surface area contributed by atoms with Crippen LogP contribution in [0.25, 0.3) is 0 Å². The number of halogens is 3. The highest BCUT2D eigenvalue weighted by Gasteiger charge is 2.43. The Kier molecular flexibility index (Phi) is 4.17. The maximum atomic E-state index is 12.4. The van der Waals surface area contributed by atoms with E-state index in [1.54, 1.807) is 0 Å². The molecule has 1 aliphatic rings. The first-order chi connectivity index (χ1) is 9.79. The van der Waals surface area contributed by atoms with Crippen LogP contribution in [0, 0.1) is 0 Å². The van der Waals surface area contributed by atoms with Gasteiger partial charge in [-0.05, 0) is 17.7 Å². The van der Waals surface area contributed by atoms with E-state index in [2.05, 4.69) is 0 Å². The molecule has 2 rings (SSSR count). The van der Waals surface area contributed by atoms with Crippen LogP contribution < -0.4 is 0 Å². The predicted molar refractivity (Wildman–Crippen MR) is 64.7 cm³/mol. The summed E-state index contributed by atoms with van der Waals surface area (Å²) < 4.78 is 42.6. The normalized spacial score (nSPS) is 19.4. The van der Waals surface area contributed by atoms with E-state index in [1.165, 1.54) is 24.3 Å². The van der Waals surface area contributed by atoms with Gasteiger partial charge >= 0.3 is 18.1 Å². The number of amides is 1. The fraction of sp³-hybridized carbons (Fsp3) is 0.385. The Hall–Kier alpha value is -2.09. The molecule has 0 bridgehead atoms. The quantitative estimate of drug-likeness (QED) is 0.905. The van der Waals surface area contributed by atoms with E-state index in [9.17, 15) is 22.8 Å². The number of carboxylic acids is 1. The molecule has 0 spiro atoms. The molecule has 1 unspecified atom stereocenters. The lowest BCUT2D eigenvalue weighted by molar-refractivity contribution is -0.191. The van der Waals surface area contributed by atoms with Gasteiger partial charge in [-0.2, -0.15) is 13.2 Å². The molecule has 1 aromatic rings. The Morgan fingerprint density at radius 2 is 1.86 bits per heavy atom. The van der Waals surface area contributed by atoms with Crippen molar-refractivity contribution in [1.29, 1.82) is 0 Å². The van der Waals surface area contributed by atoms with Crippen molar-refractivity contribution in [2.75, 3.05) is 19.7 Å². The summed E-state index contributed by atoms with van der Waals surface area (Å²) in [6.07, 6.45) is -5.61. The highest BCUT2D eigenvalue weighted by atomic mass is 19.4. The van der Waals surface area contributed by atoms with E-state index >= 15 is 0 Å². The smallest absolute Gasteiger partial charge is 0.471 e. The summed E-state index contributed by atoms with van der Waals surface area (Å²) in [7, 11) is 0. The number of aromatic carboxylic acids is 1. The third-order valence-corrected chi connectivity index (χ3v) is 3.13. The van der Waals surface area contributed by atoms with Crippen molar-refractivity contribution in [3.63, 3.8) is 0 Å². The van der Waals surface area contributed by atoms with E-state index in [-0.39, 0.29) is 25.3 Å². The molecule has 1 fully saturated rings. The van der Waals surface area contributed by atoms with Crippen LogP contribution in [0.5, 0.6) is 0 Å². The van der Waals surface area contributed by atoms with Gasteiger partial charge in [-0.25, -0.2) is 4.79 Å². The summed E-state index contributed by atoms with van der Waals surface area (Å²) in [4.78, 5) is 22.6. The average Bonchev–Trinajstić information content (AvgIpc) is 2.45. The summed E-state index contributed by atoms with van der Waals surface area (Å²) in [6, 6.07) is 5.61. The first kappa shape index (κ1) is 15.3. The van der Waals surface area contributed by atoms with Crippen molar-refractivity contribution >= 4 is 11.9 Å². The first-order valence-corrected chi connectivity index (χ1v) is 6.10. The molecule has 1 N–H and O–H groups in total. The van der Waals surface area contributed by atoms with Gasteiger partial charge < -0.3 is 14.7 Å². The van der Waals surface area contributed by atoms with E-state index in [4.69, 9.17) is 9.84 Å². The van der Waals surface area contributed by atoms with Crippen LogP contribution in [-0.4, -0.2) is 47.8 Å². The van der Waals surface area contributed by atoms with Crippen molar-refractivity contribution in [2.45, 2.75) is 12.3 Å². The van der Waals surface area contributed by atoms with Gasteiger partial charge in [-0.3, -0.25) is 4.79 Å². The molecular weight excluding hydrogens is 291 g/mol. The van der Waals surface area contributed by atoms with Crippen molar-refractivity contribution in [1.82, 2.24) is 4.90 Å². The van der Waals surface area contributed by atoms with Crippen molar-refractivity contribution in [3.8, 4) is 0 Å². The summed E-state index contributed by atoms with van der Waals surface area (Å²) >= 11 is 0. The van der Waals surface area contributed by atoms with E-state index in [0.29, 0.717) is 10.5 Å². The molecule has 5 nitrogen and oxygen atoms in total. The Bertz CT molecular complexity index is 541. The summed E-state index contributed by atoms with van der Waals surface area (Å²) in [5, 5.41) is 8.78. The Labute approximate surface area is 117 Å². The number of morpholine rings is 1. The number of alkyl halides is 3. The number of carboxylic acid groups (broad SMARTS) is 1. The fourth-order valence-electron chi connectivity index (χ4n) is 2.06. The van der Waals surface area contributed by atoms with Gasteiger partial charge in [0, 0.05) is 6.54 Å². The fourth-order valence-corrected chi connectivity index (χ4v) is 2.06. The molecule has 1 atom stereocenters. The molecule has 114 valence electrons. The zero-order chi connectivity index (χ0) is 15.6. The van der Waals surface area contributed by atoms with Crippen molar-refractivity contribution < 1.29 is 32.6 Å². The number of hydrogen-bond donors (Lipinski definition) is 1. The van der Waals surface area contributed by atoms with Crippen molar-refractivity contribution in [2.24, 2.45) is 0 Å². The second-order valence-corrected chi connectivity index (χ2v) is 4.54. The highest BCUT2D eigenvalue weighted by Crippen LogP contribution is 2.26. The molecule has 1 heterocycles. The Morgan fingerprint density at radius 3 is 2.38 bits per heavy atom. The number of rotatable bonds is 2. The number of hydrogen-bond acceptors (Lipinski definition) is 3. The van der Waals surface area contributed by atoms with Gasteiger partial charge in [-0.1, -0.05) is 12.1 Å². The summed E-state index contributed by atoms with van der Waals surface area (Å²) in [5.41, 5.74) is 0.595. The van der Waals surface area contributed by atoms with E-state index in [0.717, 1.165) is 0 Å². The molecule has 1 amide bonds. The summed E-state index contributed by atoms with van der Waals surface area (Å²) in [5.74, 6) is -2.99. The third-order valence-electron chi connectivity index (χ3n) is 3.13. The predicted octanol–water partition coefficient (Wildman–Crippen LogP) is 1.85. The SMILES string of the molecule is O=C(O)c1ccc(C2CN(C(=O)C(F)(F)F)CCO2)cc1. The Morgan fingerprint density at radius 1 is 1.24 bits per heavy atom. The monoisotopic (exact) mass is 303 g/mol. The number of ether oxygens (including phenoxy) is 1. The van der Waals surface area contributed by atoms with Gasteiger partial charge in [0.15, 0.2) is 0 Å². The molecule has 0 radical (unpaired) electrons. The van der Waals surface area contributed by atoms with E-state index < -0.39 is 24.2 Å². The molecule has 0 aromatic heterocycles. The zero-order valence-electron chi connectivity index (χ0n) is 10.8. The lowest BCUT2D eigenvalue weighted by Crippen LogP contribution is -2.47. The molecule has 0 aliphatic carbocycles. The minimum atomic E-state index is -4.91. The lowest BCUT2D eigenvalue weighted by atomic mass is 10.1. The van der Waals surface area contributed by atoms with Crippen LogP contribution in [0.3, 0.4) is 0 Å². The zero-order valence-corrected chi connectivity index (χ0v) is 10.8. The van der Waals surface area contributed by atoms with E-state index in [1.807, 2.05) is 0 Å². The Balaban J connectivity index is 2.10. The van der Waals surface area contributed by atoms with Crippen LogP contribution in [0.1, 0.15) is 22.0 Å². The molecule has 21 heavy (non-hydrogen) atoms. The highest BCUT2D eigenvalue weighted by molar-refractivity contribution is 5.87. The van der Waals surface area contributed by atoms with Gasteiger partial charge in [0.1, 0.15) is 6.10 Å². The van der Waals surface area contributed by atoms with Gasteiger partial charge in [-0.15, -0.1) is 0 Å². The molecule has 1 aliphatic heterocycles. The second kappa shape index (κ2) is 5.72. The molecule has 1 aromatic carbocycles. The molecule has 8 heteroatoms. The van der Waals surface area contributed by atoms with Crippen LogP contribution in [0.15, 0.2) is 24.3 Å². The standard InChI is InChI=1S/C13H12F3NO4/c14-13(15,16)12(20)17-5-6-21-10(7-17)8-1-3-9(4-2-8)11(18)19/h1-4,10H,5-7H2,(H,18,19). The van der Waals surface area contributed by atoms with Gasteiger partial charge in [0.25, 0.3) is 0 Å². The van der Waals surface area contributed by atoms with Gasteiger partial charge in [0.2, 0.25) is 0 Å². The van der Waals surface area contributed by atoms with Crippen LogP contribution >= 0.6 is 0 Å². The number of nitrogens with zero attached hydrogens (tertiary/aromatic N) is 1. The van der Waals surface area contributed by atoms with Crippen LogP contribution in [-0.2, 0) is 9.53 Å². The first-order valence-electron chi connectivity index (χ1n) is 6.10. The third kappa shape index (κ3) is 3.52. The minimum Gasteiger partial charge on any atom is -0.478 e. The average molecular weight is 303 g/mol. The topological polar surface area (TPSA) is 66.8 Å². The number of carbonyl (C=O) groups is 2. The molecule has 0 saturated carbocycles. The second-order valence-electron chi connectivity index (χ2n) is 4.54. The lowest BCUT2D eigenvalue weighted by Gasteiger charge is -2.33. The molecule has 1 saturated heterocycles. The number of carbonyl (C=O) groups excluding carboxylic acids is 1. The van der Waals surface area contributed by atoms with Crippen molar-refractivity contribution in [3.05, 3.63) is 35.4 Å². The van der Waals surface area contributed by atoms with Gasteiger partial charge in [0.05, 0.1) is 18.7 Å². The summed E-state index contributed by atoms with van der Waals surface area (Å²) in [6.45, 7) is -0.347. The maximum absolute atomic E-state index is 12.4. The van der Waals surface area contributed by atoms with Crippen LogP contribution in [0.4, 0.5) is 13.2 Å². The largest absolute Gasteiger partial charge is 0.478 e. The minimum absolute atomic E-state index is 0.00678. The maximum Gasteiger partial charge on any atom is 0.471 e.